The van der Waals surface area contributed by atoms with E-state index >= 15 is 0 Å². The third-order valence-electron chi connectivity index (χ3n) is 4.47. The normalized spacial score (nSPS) is 13.4. The highest BCUT2D eigenvalue weighted by atomic mass is 16.5. The van der Waals surface area contributed by atoms with E-state index in [2.05, 4.69) is 51.2 Å². The highest BCUT2D eigenvalue weighted by molar-refractivity contribution is 5.81. The summed E-state index contributed by atoms with van der Waals surface area (Å²) in [7, 11) is 0. The minimum absolute atomic E-state index is 0.0567. The van der Waals surface area contributed by atoms with Crippen LogP contribution in [0.4, 0.5) is 0 Å². The van der Waals surface area contributed by atoms with Crippen LogP contribution in [0.3, 0.4) is 0 Å². The Morgan fingerprint density at radius 2 is 1.64 bits per heavy atom. The average Bonchev–Trinajstić information content (AvgIpc) is 2.57. The molecule has 2 aromatic rings. The SMILES string of the molecule is Cc1ccc(C)c([C@@H](C)NC(=O)[C@@H](C)Oc2ccccc2C(C)C)c1. The quantitative estimate of drug-likeness (QED) is 0.798. The maximum Gasteiger partial charge on any atom is 0.261 e. The summed E-state index contributed by atoms with van der Waals surface area (Å²) < 4.78 is 5.95. The summed E-state index contributed by atoms with van der Waals surface area (Å²) in [5.74, 6) is 1.02. The van der Waals surface area contributed by atoms with Crippen molar-refractivity contribution in [3.8, 4) is 5.75 Å². The molecule has 25 heavy (non-hydrogen) atoms. The van der Waals surface area contributed by atoms with Gasteiger partial charge >= 0.3 is 0 Å². The van der Waals surface area contributed by atoms with Crippen molar-refractivity contribution in [2.75, 3.05) is 0 Å². The van der Waals surface area contributed by atoms with E-state index < -0.39 is 6.10 Å². The zero-order chi connectivity index (χ0) is 18.6. The molecule has 2 rings (SSSR count). The van der Waals surface area contributed by atoms with Gasteiger partial charge in [0, 0.05) is 0 Å². The molecule has 0 radical (unpaired) electrons. The van der Waals surface area contributed by atoms with Gasteiger partial charge < -0.3 is 10.1 Å². The molecule has 134 valence electrons. The third kappa shape index (κ3) is 4.85. The van der Waals surface area contributed by atoms with Gasteiger partial charge in [-0.2, -0.15) is 0 Å². The maximum atomic E-state index is 12.6. The molecule has 1 N–H and O–H groups in total. The summed E-state index contributed by atoms with van der Waals surface area (Å²) in [6.45, 7) is 12.2. The Bertz CT molecular complexity index is 737. The predicted octanol–water partition coefficient (Wildman–Crippen LogP) is 5.07. The molecule has 0 spiro atoms. The van der Waals surface area contributed by atoms with Crippen molar-refractivity contribution in [2.24, 2.45) is 0 Å². The van der Waals surface area contributed by atoms with Crippen molar-refractivity contribution >= 4 is 5.91 Å². The molecule has 2 atom stereocenters. The Morgan fingerprint density at radius 1 is 0.960 bits per heavy atom. The lowest BCUT2D eigenvalue weighted by Crippen LogP contribution is -2.38. The number of carbonyl (C=O) groups excluding carboxylic acids is 1. The van der Waals surface area contributed by atoms with Crippen LogP contribution < -0.4 is 10.1 Å². The van der Waals surface area contributed by atoms with E-state index in [0.29, 0.717) is 5.92 Å². The molecule has 0 bridgehead atoms. The number of hydrogen-bond acceptors (Lipinski definition) is 2. The molecule has 0 aliphatic carbocycles. The van der Waals surface area contributed by atoms with Crippen LogP contribution in [0.5, 0.6) is 5.75 Å². The van der Waals surface area contributed by atoms with E-state index in [1.54, 1.807) is 6.92 Å². The van der Waals surface area contributed by atoms with Gasteiger partial charge in [-0.05, 0) is 56.4 Å². The van der Waals surface area contributed by atoms with E-state index in [1.165, 1.54) is 11.1 Å². The fourth-order valence-electron chi connectivity index (χ4n) is 2.94. The largest absolute Gasteiger partial charge is 0.481 e. The molecule has 3 nitrogen and oxygen atoms in total. The first kappa shape index (κ1) is 19.0. The van der Waals surface area contributed by atoms with Crippen molar-refractivity contribution in [3.05, 3.63) is 64.7 Å². The first-order chi connectivity index (χ1) is 11.8. The molecule has 0 saturated carbocycles. The van der Waals surface area contributed by atoms with E-state index in [4.69, 9.17) is 4.74 Å². The van der Waals surface area contributed by atoms with Gasteiger partial charge in [0.15, 0.2) is 6.10 Å². The molecular formula is C22H29NO2. The summed E-state index contributed by atoms with van der Waals surface area (Å²) in [5.41, 5.74) is 4.63. The van der Waals surface area contributed by atoms with Gasteiger partial charge in [-0.25, -0.2) is 0 Å². The fourth-order valence-corrected chi connectivity index (χ4v) is 2.94. The molecular weight excluding hydrogens is 310 g/mol. The summed E-state index contributed by atoms with van der Waals surface area (Å²) in [6, 6.07) is 14.1. The lowest BCUT2D eigenvalue weighted by atomic mass is 10.00. The summed E-state index contributed by atoms with van der Waals surface area (Å²) in [5, 5.41) is 3.07. The molecule has 3 heteroatoms. The number of para-hydroxylation sites is 1. The lowest BCUT2D eigenvalue weighted by molar-refractivity contribution is -0.127. The first-order valence-electron chi connectivity index (χ1n) is 8.92. The zero-order valence-corrected chi connectivity index (χ0v) is 16.1. The molecule has 0 unspecified atom stereocenters. The van der Waals surface area contributed by atoms with Crippen LogP contribution in [-0.4, -0.2) is 12.0 Å². The fraction of sp³-hybridized carbons (Fsp3) is 0.409. The molecule has 0 heterocycles. The number of nitrogens with one attached hydrogen (secondary N) is 1. The number of rotatable bonds is 6. The smallest absolute Gasteiger partial charge is 0.261 e. The second kappa shape index (κ2) is 8.19. The average molecular weight is 339 g/mol. The van der Waals surface area contributed by atoms with Crippen LogP contribution in [0.25, 0.3) is 0 Å². The van der Waals surface area contributed by atoms with Crippen LogP contribution in [0, 0.1) is 13.8 Å². The number of aryl methyl sites for hydroxylation is 2. The van der Waals surface area contributed by atoms with Gasteiger partial charge in [0.1, 0.15) is 5.75 Å². The number of benzene rings is 2. The molecule has 0 saturated heterocycles. The summed E-state index contributed by atoms with van der Waals surface area (Å²) in [6.07, 6.45) is -0.549. The highest BCUT2D eigenvalue weighted by Crippen LogP contribution is 2.27. The number of hydrogen-bond donors (Lipinski definition) is 1. The van der Waals surface area contributed by atoms with Gasteiger partial charge in [-0.3, -0.25) is 4.79 Å². The zero-order valence-electron chi connectivity index (χ0n) is 16.1. The van der Waals surface area contributed by atoms with Gasteiger partial charge in [-0.1, -0.05) is 55.8 Å². The van der Waals surface area contributed by atoms with Crippen LogP contribution >= 0.6 is 0 Å². The van der Waals surface area contributed by atoms with Gasteiger partial charge in [-0.15, -0.1) is 0 Å². The minimum atomic E-state index is -0.549. The Hall–Kier alpha value is -2.29. The van der Waals surface area contributed by atoms with Crippen molar-refractivity contribution in [2.45, 2.75) is 59.6 Å². The van der Waals surface area contributed by atoms with Crippen LogP contribution in [0.1, 0.15) is 61.9 Å². The molecule has 0 fully saturated rings. The van der Waals surface area contributed by atoms with Crippen LogP contribution in [-0.2, 0) is 4.79 Å². The van der Waals surface area contributed by atoms with Gasteiger partial charge in [0.05, 0.1) is 6.04 Å². The van der Waals surface area contributed by atoms with E-state index in [9.17, 15) is 4.79 Å². The van der Waals surface area contributed by atoms with E-state index in [-0.39, 0.29) is 11.9 Å². The number of carbonyl (C=O) groups is 1. The number of amides is 1. The predicted molar refractivity (Wildman–Crippen MR) is 103 cm³/mol. The Morgan fingerprint density at radius 3 is 2.32 bits per heavy atom. The Balaban J connectivity index is 2.07. The molecule has 1 amide bonds. The van der Waals surface area contributed by atoms with Gasteiger partial charge in [0.25, 0.3) is 5.91 Å². The third-order valence-corrected chi connectivity index (χ3v) is 4.47. The highest BCUT2D eigenvalue weighted by Gasteiger charge is 2.20. The van der Waals surface area contributed by atoms with E-state index in [1.807, 2.05) is 31.2 Å². The van der Waals surface area contributed by atoms with Crippen molar-refractivity contribution in [3.63, 3.8) is 0 Å². The maximum absolute atomic E-state index is 12.6. The van der Waals surface area contributed by atoms with Crippen LogP contribution in [0.2, 0.25) is 0 Å². The second-order valence-electron chi connectivity index (χ2n) is 7.04. The monoisotopic (exact) mass is 339 g/mol. The van der Waals surface area contributed by atoms with Crippen molar-refractivity contribution < 1.29 is 9.53 Å². The molecule has 0 aliphatic heterocycles. The Kier molecular flexibility index (Phi) is 6.24. The minimum Gasteiger partial charge on any atom is -0.481 e. The summed E-state index contributed by atoms with van der Waals surface area (Å²) in [4.78, 5) is 12.6. The molecule has 2 aromatic carbocycles. The topological polar surface area (TPSA) is 38.3 Å². The Labute approximate surface area is 151 Å². The second-order valence-corrected chi connectivity index (χ2v) is 7.04. The standard InChI is InChI=1S/C22H29NO2/c1-14(2)19-9-7-8-10-21(19)25-18(6)22(24)23-17(5)20-13-15(3)11-12-16(20)4/h7-14,17-18H,1-6H3,(H,23,24)/t17-,18-/m1/s1. The lowest BCUT2D eigenvalue weighted by Gasteiger charge is -2.22. The number of ether oxygens (including phenoxy) is 1. The van der Waals surface area contributed by atoms with Crippen molar-refractivity contribution in [1.82, 2.24) is 5.32 Å². The van der Waals surface area contributed by atoms with Crippen molar-refractivity contribution in [1.29, 1.82) is 0 Å². The van der Waals surface area contributed by atoms with Gasteiger partial charge in [0.2, 0.25) is 0 Å². The van der Waals surface area contributed by atoms with Crippen LogP contribution in [0.15, 0.2) is 42.5 Å². The summed E-state index contributed by atoms with van der Waals surface area (Å²) >= 11 is 0. The molecule has 0 aliphatic rings. The first-order valence-corrected chi connectivity index (χ1v) is 8.92. The molecule has 0 aromatic heterocycles. The van der Waals surface area contributed by atoms with E-state index in [0.717, 1.165) is 16.9 Å².